The van der Waals surface area contributed by atoms with Crippen molar-refractivity contribution < 1.29 is 12.9 Å². The highest BCUT2D eigenvalue weighted by Gasteiger charge is 2.16. The number of rotatable bonds is 2. The Kier molecular flexibility index (Phi) is 2.30. The predicted molar refractivity (Wildman–Crippen MR) is 43.1 cm³/mol. The molecule has 0 aromatic heterocycles. The number of nitrogens with two attached hydrogens (primary N) is 1. The number of anilines is 1. The minimum atomic E-state index is -4.29. The van der Waals surface area contributed by atoms with Gasteiger partial charge in [-0.1, -0.05) is 27.2 Å². The normalized spacial score (nSPS) is 11.2. The van der Waals surface area contributed by atoms with Crippen LogP contribution < -0.4 is 9.67 Å². The molecule has 0 amide bonds. The topological polar surface area (TPSA) is 63.4 Å². The molecule has 1 rings (SSSR count). The zero-order valence-electron chi connectivity index (χ0n) is 6.01. The predicted octanol–water partition coefficient (Wildman–Crippen LogP) is 0.581. The Labute approximate surface area is 69.5 Å². The molecule has 0 spiro atoms. The van der Waals surface area contributed by atoms with Crippen molar-refractivity contribution in [2.45, 2.75) is 0 Å². The second-order valence-electron chi connectivity index (χ2n) is 2.10. The molecule has 0 fully saturated rings. The molecular weight excluding hydrogens is 183 g/mol. The molecule has 0 bridgehead atoms. The zero-order chi connectivity index (χ0) is 9.19. The third-order valence-electron chi connectivity index (χ3n) is 1.18. The van der Waals surface area contributed by atoms with Crippen LogP contribution in [0.3, 0.4) is 0 Å². The first kappa shape index (κ1) is 8.95. The van der Waals surface area contributed by atoms with E-state index in [1.165, 1.54) is 24.3 Å². The maximum Gasteiger partial charge on any atom is 0.325 e. The molecule has 0 atom stereocenters. The van der Waals surface area contributed by atoms with Gasteiger partial charge in [-0.15, -0.1) is 0 Å². The molecule has 2 N–H and O–H groups in total. The van der Waals surface area contributed by atoms with Gasteiger partial charge >= 0.3 is 10.2 Å². The van der Waals surface area contributed by atoms with Gasteiger partial charge in [0.15, 0.2) is 0 Å². The van der Waals surface area contributed by atoms with E-state index in [0.717, 1.165) is 0 Å². The van der Waals surface area contributed by atoms with Gasteiger partial charge in [0.1, 0.15) is 0 Å². The number of nitrogens with zero attached hydrogens (tertiary/aromatic N) is 1. The lowest BCUT2D eigenvalue weighted by Crippen LogP contribution is -2.29. The lowest BCUT2D eigenvalue weighted by atomic mass is 10.3. The van der Waals surface area contributed by atoms with Crippen molar-refractivity contribution in [3.05, 3.63) is 30.3 Å². The molecule has 1 aromatic rings. The van der Waals surface area contributed by atoms with E-state index in [2.05, 4.69) is 5.14 Å². The minimum Gasteiger partial charge on any atom is -0.209 e. The van der Waals surface area contributed by atoms with Crippen LogP contribution in [-0.2, 0) is 10.2 Å². The lowest BCUT2D eigenvalue weighted by molar-refractivity contribution is 0.496. The first-order chi connectivity index (χ1) is 5.52. The van der Waals surface area contributed by atoms with Gasteiger partial charge in [0.05, 0.1) is 5.69 Å². The van der Waals surface area contributed by atoms with E-state index in [1.54, 1.807) is 6.07 Å². The summed E-state index contributed by atoms with van der Waals surface area (Å²) in [6, 6.07) is 7.25. The fraction of sp³-hybridized carbons (Fsp3) is 0. The average Bonchev–Trinajstić information content (AvgIpc) is 2.03. The quantitative estimate of drug-likeness (QED) is 0.693. The van der Waals surface area contributed by atoms with Crippen molar-refractivity contribution in [1.29, 1.82) is 0 Å². The maximum absolute atomic E-state index is 12.8. The Bertz CT molecular complexity index is 351. The van der Waals surface area contributed by atoms with Crippen LogP contribution in [0.4, 0.5) is 10.2 Å². The molecule has 0 saturated carbocycles. The second kappa shape index (κ2) is 3.08. The summed E-state index contributed by atoms with van der Waals surface area (Å²) in [4.78, 5) is 0. The first-order valence-corrected chi connectivity index (χ1v) is 4.56. The number of halogens is 1. The Morgan fingerprint density at radius 1 is 1.25 bits per heavy atom. The van der Waals surface area contributed by atoms with Crippen LogP contribution in [0.15, 0.2) is 30.3 Å². The van der Waals surface area contributed by atoms with E-state index in [-0.39, 0.29) is 5.69 Å². The van der Waals surface area contributed by atoms with Crippen LogP contribution in [0.1, 0.15) is 0 Å². The molecule has 0 aliphatic heterocycles. The van der Waals surface area contributed by atoms with E-state index < -0.39 is 14.7 Å². The standard InChI is InChI=1S/C6H7FN2O2S/c7-9(12(8,10)11)6-4-2-1-3-5-6/h1-5H,(H2,8,10,11). The van der Waals surface area contributed by atoms with Crippen molar-refractivity contribution in [3.8, 4) is 0 Å². The molecule has 1 aromatic carbocycles. The molecule has 0 heterocycles. The molecule has 4 nitrogen and oxygen atoms in total. The highest BCUT2D eigenvalue weighted by molar-refractivity contribution is 7.90. The van der Waals surface area contributed by atoms with Gasteiger partial charge in [-0.05, 0) is 12.1 Å². The van der Waals surface area contributed by atoms with Crippen molar-refractivity contribution in [3.63, 3.8) is 0 Å². The van der Waals surface area contributed by atoms with Crippen LogP contribution in [0.25, 0.3) is 0 Å². The number of benzene rings is 1. The van der Waals surface area contributed by atoms with Crippen LogP contribution in [0, 0.1) is 0 Å². The fourth-order valence-corrected chi connectivity index (χ4v) is 1.11. The SMILES string of the molecule is NS(=O)(=O)N(F)c1ccccc1. The molecule has 12 heavy (non-hydrogen) atoms. The highest BCUT2D eigenvalue weighted by Crippen LogP contribution is 2.14. The van der Waals surface area contributed by atoms with Crippen LogP contribution in [0.2, 0.25) is 0 Å². The summed E-state index contributed by atoms with van der Waals surface area (Å²) in [6.07, 6.45) is 0. The summed E-state index contributed by atoms with van der Waals surface area (Å²) >= 11 is 0. The maximum atomic E-state index is 12.8. The van der Waals surface area contributed by atoms with Gasteiger partial charge in [0, 0.05) is 0 Å². The largest absolute Gasteiger partial charge is 0.325 e. The van der Waals surface area contributed by atoms with Crippen LogP contribution >= 0.6 is 0 Å². The number of para-hydroxylation sites is 1. The monoisotopic (exact) mass is 190 g/mol. The van der Waals surface area contributed by atoms with Gasteiger partial charge in [0.2, 0.25) is 0 Å². The van der Waals surface area contributed by atoms with Gasteiger partial charge in [-0.2, -0.15) is 8.42 Å². The fourth-order valence-electron chi connectivity index (χ4n) is 0.692. The smallest absolute Gasteiger partial charge is 0.209 e. The molecule has 66 valence electrons. The summed E-state index contributed by atoms with van der Waals surface area (Å²) < 4.78 is 33.2. The third-order valence-corrected chi connectivity index (χ3v) is 1.84. The molecular formula is C6H7FN2O2S. The second-order valence-corrected chi connectivity index (χ2v) is 3.45. The molecule has 0 aliphatic rings. The first-order valence-electron chi connectivity index (χ1n) is 3.05. The Balaban J connectivity index is 3.02. The van der Waals surface area contributed by atoms with Crippen molar-refractivity contribution in [2.75, 3.05) is 4.53 Å². The molecule has 0 saturated heterocycles. The Morgan fingerprint density at radius 2 is 1.75 bits per heavy atom. The Morgan fingerprint density at radius 3 is 2.17 bits per heavy atom. The minimum absolute atomic E-state index is 0.111. The summed E-state index contributed by atoms with van der Waals surface area (Å²) in [5.41, 5.74) is -0.111. The number of hydrogen-bond donors (Lipinski definition) is 1. The van der Waals surface area contributed by atoms with E-state index in [9.17, 15) is 12.9 Å². The summed E-state index contributed by atoms with van der Waals surface area (Å²) in [6.45, 7) is 0. The lowest BCUT2D eigenvalue weighted by Gasteiger charge is -2.08. The van der Waals surface area contributed by atoms with Gasteiger partial charge in [0.25, 0.3) is 0 Å². The average molecular weight is 190 g/mol. The van der Waals surface area contributed by atoms with Crippen molar-refractivity contribution in [1.82, 2.24) is 0 Å². The molecule has 0 unspecified atom stereocenters. The van der Waals surface area contributed by atoms with Crippen molar-refractivity contribution >= 4 is 15.9 Å². The van der Waals surface area contributed by atoms with Crippen molar-refractivity contribution in [2.24, 2.45) is 5.14 Å². The van der Waals surface area contributed by atoms with E-state index in [0.29, 0.717) is 0 Å². The van der Waals surface area contributed by atoms with E-state index in [4.69, 9.17) is 0 Å². The van der Waals surface area contributed by atoms with E-state index in [1.807, 2.05) is 0 Å². The highest BCUT2D eigenvalue weighted by atomic mass is 32.2. The number of hydrogen-bond acceptors (Lipinski definition) is 2. The summed E-state index contributed by atoms with van der Waals surface area (Å²) in [5.74, 6) is 0. The van der Waals surface area contributed by atoms with Crippen LogP contribution in [0.5, 0.6) is 0 Å². The summed E-state index contributed by atoms with van der Waals surface area (Å²) in [7, 11) is -4.29. The summed E-state index contributed by atoms with van der Waals surface area (Å²) in [5, 5.41) is 4.53. The Hall–Kier alpha value is -1.14. The zero-order valence-corrected chi connectivity index (χ0v) is 6.83. The molecule has 6 heteroatoms. The molecule has 0 aliphatic carbocycles. The van der Waals surface area contributed by atoms with Gasteiger partial charge in [-0.3, -0.25) is 0 Å². The third kappa shape index (κ3) is 1.93. The molecule has 0 radical (unpaired) electrons. The van der Waals surface area contributed by atoms with E-state index >= 15 is 0 Å². The van der Waals surface area contributed by atoms with Gasteiger partial charge in [-0.25, -0.2) is 5.14 Å². The van der Waals surface area contributed by atoms with Crippen LogP contribution in [-0.4, -0.2) is 8.42 Å². The van der Waals surface area contributed by atoms with Gasteiger partial charge < -0.3 is 0 Å².